The summed E-state index contributed by atoms with van der Waals surface area (Å²) in [7, 11) is -3.59. The molecule has 8 heteroatoms. The van der Waals surface area contributed by atoms with E-state index in [4.69, 9.17) is 17.0 Å². The van der Waals surface area contributed by atoms with Gasteiger partial charge in [-0.05, 0) is 36.5 Å². The molecular weight excluding hydrogens is 312 g/mol. The number of hydrogen-bond acceptors (Lipinski definition) is 5. The Hall–Kier alpha value is -1.51. The van der Waals surface area contributed by atoms with Crippen molar-refractivity contribution in [1.82, 2.24) is 4.31 Å². The van der Waals surface area contributed by atoms with Crippen LogP contribution in [0.5, 0.6) is 0 Å². The van der Waals surface area contributed by atoms with Crippen LogP contribution in [-0.4, -0.2) is 43.4 Å². The molecule has 1 saturated heterocycles. The van der Waals surface area contributed by atoms with Crippen molar-refractivity contribution in [1.29, 1.82) is 0 Å². The van der Waals surface area contributed by atoms with Gasteiger partial charge in [0.15, 0.2) is 5.05 Å². The van der Waals surface area contributed by atoms with Gasteiger partial charge < -0.3 is 10.1 Å². The highest BCUT2D eigenvalue weighted by atomic mass is 32.2. The second-order valence-corrected chi connectivity index (χ2v) is 6.88. The number of rotatable bonds is 4. The lowest BCUT2D eigenvalue weighted by atomic mass is 10.3. The first-order valence-corrected chi connectivity index (χ1v) is 8.34. The first-order chi connectivity index (χ1) is 9.93. The Labute approximate surface area is 129 Å². The SMILES string of the molecule is CCC(=O)Nc1ccc(S(=O)(=O)N2CCOC(=S)C2)cc1. The number of anilines is 1. The molecule has 1 aromatic carbocycles. The number of carbonyl (C=O) groups is 1. The van der Waals surface area contributed by atoms with Crippen molar-refractivity contribution in [2.75, 3.05) is 25.0 Å². The third-order valence-electron chi connectivity index (χ3n) is 3.01. The van der Waals surface area contributed by atoms with Crippen LogP contribution >= 0.6 is 12.2 Å². The fourth-order valence-corrected chi connectivity index (χ4v) is 3.54. The van der Waals surface area contributed by atoms with E-state index in [9.17, 15) is 13.2 Å². The first-order valence-electron chi connectivity index (χ1n) is 6.49. The summed E-state index contributed by atoms with van der Waals surface area (Å²) in [5.41, 5.74) is 0.568. The average Bonchev–Trinajstić information content (AvgIpc) is 2.47. The number of benzene rings is 1. The molecule has 1 N–H and O–H groups in total. The van der Waals surface area contributed by atoms with Crippen LogP contribution in [0.15, 0.2) is 29.2 Å². The second kappa shape index (κ2) is 6.50. The number of sulfonamides is 1. The van der Waals surface area contributed by atoms with Gasteiger partial charge in [-0.15, -0.1) is 0 Å². The molecule has 1 fully saturated rings. The maximum absolute atomic E-state index is 12.4. The van der Waals surface area contributed by atoms with Crippen molar-refractivity contribution in [2.24, 2.45) is 0 Å². The molecule has 0 aromatic heterocycles. The Kier molecular flexibility index (Phi) is 4.92. The van der Waals surface area contributed by atoms with Crippen molar-refractivity contribution in [3.63, 3.8) is 0 Å². The molecule has 6 nitrogen and oxygen atoms in total. The van der Waals surface area contributed by atoms with E-state index >= 15 is 0 Å². The van der Waals surface area contributed by atoms with E-state index in [0.29, 0.717) is 12.1 Å². The molecule has 0 aliphatic carbocycles. The molecule has 1 amide bonds. The van der Waals surface area contributed by atoms with Gasteiger partial charge in [0.25, 0.3) is 0 Å². The molecule has 0 unspecified atom stereocenters. The molecule has 1 heterocycles. The van der Waals surface area contributed by atoms with Gasteiger partial charge in [0.2, 0.25) is 15.9 Å². The molecule has 0 saturated carbocycles. The van der Waals surface area contributed by atoms with Gasteiger partial charge >= 0.3 is 0 Å². The molecular formula is C13H16N2O4S2. The van der Waals surface area contributed by atoms with E-state index in [0.717, 1.165) is 0 Å². The van der Waals surface area contributed by atoms with Crippen molar-refractivity contribution in [3.8, 4) is 0 Å². The minimum atomic E-state index is -3.59. The zero-order chi connectivity index (χ0) is 15.5. The number of carbonyl (C=O) groups excluding carboxylic acids is 1. The number of nitrogens with one attached hydrogen (secondary N) is 1. The van der Waals surface area contributed by atoms with Crippen molar-refractivity contribution >= 4 is 38.9 Å². The summed E-state index contributed by atoms with van der Waals surface area (Å²) in [5, 5.41) is 2.94. The zero-order valence-corrected chi connectivity index (χ0v) is 13.2. The fourth-order valence-electron chi connectivity index (χ4n) is 1.84. The number of hydrogen-bond donors (Lipinski definition) is 1. The lowest BCUT2D eigenvalue weighted by Gasteiger charge is -2.26. The van der Waals surface area contributed by atoms with Crippen molar-refractivity contribution in [2.45, 2.75) is 18.2 Å². The van der Waals surface area contributed by atoms with Gasteiger partial charge in [0, 0.05) is 18.7 Å². The molecule has 2 rings (SSSR count). The number of morpholine rings is 1. The van der Waals surface area contributed by atoms with Gasteiger partial charge in [0.05, 0.1) is 11.4 Å². The summed E-state index contributed by atoms with van der Waals surface area (Å²) in [6, 6.07) is 6.08. The van der Waals surface area contributed by atoms with E-state index in [1.165, 1.54) is 16.4 Å². The van der Waals surface area contributed by atoms with Gasteiger partial charge in [-0.2, -0.15) is 4.31 Å². The monoisotopic (exact) mass is 328 g/mol. The summed E-state index contributed by atoms with van der Waals surface area (Å²) < 4.78 is 31.3. The molecule has 1 aliphatic rings. The van der Waals surface area contributed by atoms with Crippen LogP contribution in [0, 0.1) is 0 Å². The van der Waals surface area contributed by atoms with Crippen molar-refractivity contribution in [3.05, 3.63) is 24.3 Å². The van der Waals surface area contributed by atoms with E-state index in [1.807, 2.05) is 0 Å². The number of ether oxygens (including phenoxy) is 1. The van der Waals surface area contributed by atoms with Gasteiger partial charge in [0.1, 0.15) is 6.61 Å². The Morgan fingerprint density at radius 3 is 2.62 bits per heavy atom. The first kappa shape index (κ1) is 15.9. The van der Waals surface area contributed by atoms with Crippen LogP contribution in [0.2, 0.25) is 0 Å². The smallest absolute Gasteiger partial charge is 0.243 e. The summed E-state index contributed by atoms with van der Waals surface area (Å²) in [5.74, 6) is -0.121. The van der Waals surface area contributed by atoms with Crippen LogP contribution in [0.25, 0.3) is 0 Å². The minimum Gasteiger partial charge on any atom is -0.484 e. The maximum atomic E-state index is 12.4. The Balaban J connectivity index is 2.17. The summed E-state index contributed by atoms with van der Waals surface area (Å²) >= 11 is 4.91. The summed E-state index contributed by atoms with van der Waals surface area (Å²) in [4.78, 5) is 11.4. The number of amides is 1. The van der Waals surface area contributed by atoms with Crippen LogP contribution in [0.1, 0.15) is 13.3 Å². The predicted octanol–water partition coefficient (Wildman–Crippen LogP) is 1.38. The number of nitrogens with zero attached hydrogens (tertiary/aromatic N) is 1. The molecule has 21 heavy (non-hydrogen) atoms. The van der Waals surface area contributed by atoms with E-state index in [-0.39, 0.29) is 35.5 Å². The standard InChI is InChI=1S/C13H16N2O4S2/c1-2-12(16)14-10-3-5-11(6-4-10)21(17,18)15-7-8-19-13(20)9-15/h3-6H,2,7-9H2,1H3,(H,14,16). The highest BCUT2D eigenvalue weighted by molar-refractivity contribution is 7.89. The Morgan fingerprint density at radius 2 is 2.05 bits per heavy atom. The highest BCUT2D eigenvalue weighted by Gasteiger charge is 2.28. The van der Waals surface area contributed by atoms with Gasteiger partial charge in [-0.25, -0.2) is 8.42 Å². The third-order valence-corrected chi connectivity index (χ3v) is 5.11. The summed E-state index contributed by atoms with van der Waals surface area (Å²) in [6.07, 6.45) is 0.366. The molecule has 0 spiro atoms. The minimum absolute atomic E-state index is 0.0893. The second-order valence-electron chi connectivity index (χ2n) is 4.49. The molecule has 1 aromatic rings. The maximum Gasteiger partial charge on any atom is 0.243 e. The topological polar surface area (TPSA) is 75.7 Å². The lowest BCUT2D eigenvalue weighted by molar-refractivity contribution is -0.115. The van der Waals surface area contributed by atoms with Gasteiger partial charge in [-0.1, -0.05) is 6.92 Å². The van der Waals surface area contributed by atoms with Crippen LogP contribution in [0.4, 0.5) is 5.69 Å². The van der Waals surface area contributed by atoms with Crippen LogP contribution in [-0.2, 0) is 19.6 Å². The lowest BCUT2D eigenvalue weighted by Crippen LogP contribution is -2.42. The fraction of sp³-hybridized carbons (Fsp3) is 0.385. The predicted molar refractivity (Wildman–Crippen MR) is 82.7 cm³/mol. The molecule has 114 valence electrons. The Bertz CT molecular complexity index is 641. The third kappa shape index (κ3) is 3.78. The molecule has 1 aliphatic heterocycles. The van der Waals surface area contributed by atoms with E-state index in [1.54, 1.807) is 19.1 Å². The number of thiocarbonyl (C=S) groups is 1. The molecule has 0 atom stereocenters. The average molecular weight is 328 g/mol. The molecule has 0 bridgehead atoms. The van der Waals surface area contributed by atoms with Crippen LogP contribution in [0.3, 0.4) is 0 Å². The van der Waals surface area contributed by atoms with Crippen molar-refractivity contribution < 1.29 is 17.9 Å². The van der Waals surface area contributed by atoms with Crippen LogP contribution < -0.4 is 5.32 Å². The van der Waals surface area contributed by atoms with E-state index < -0.39 is 10.0 Å². The van der Waals surface area contributed by atoms with E-state index in [2.05, 4.69) is 5.32 Å². The summed E-state index contributed by atoms with van der Waals surface area (Å²) in [6.45, 7) is 2.38. The quantitative estimate of drug-likeness (QED) is 0.845. The normalized spacial score (nSPS) is 16.3. The Morgan fingerprint density at radius 1 is 1.38 bits per heavy atom. The molecule has 0 radical (unpaired) electrons. The highest BCUT2D eigenvalue weighted by Crippen LogP contribution is 2.20. The zero-order valence-electron chi connectivity index (χ0n) is 11.5. The van der Waals surface area contributed by atoms with Gasteiger partial charge in [-0.3, -0.25) is 4.79 Å². The largest absolute Gasteiger partial charge is 0.484 e.